The van der Waals surface area contributed by atoms with Gasteiger partial charge >= 0.3 is 0 Å². The number of hydrogen-bond acceptors (Lipinski definition) is 5. The number of rotatable bonds is 9. The van der Waals surface area contributed by atoms with Crippen LogP contribution in [0.2, 0.25) is 0 Å². The normalized spacial score (nSPS) is 20.8. The minimum atomic E-state index is -2.06. The smallest absolute Gasteiger partial charge is 0.200 e. The standard InChI is InChI=1S/C24H26O2.C6H10O3/c1-22(2,19-13-7-4-8-14-19)23(3,20-15-9-5-10-16-20)24(25,26)21-17-11-6-12-18-21;1(5-3-8-5)7-2-6-4-9-6/h4-18,25-26H,1-3H3;5-6H,1-4H2. The quantitative estimate of drug-likeness (QED) is 0.350. The van der Waals surface area contributed by atoms with Crippen molar-refractivity contribution in [2.75, 3.05) is 26.4 Å². The third kappa shape index (κ3) is 5.66. The van der Waals surface area contributed by atoms with Crippen LogP contribution >= 0.6 is 0 Å². The lowest BCUT2D eigenvalue weighted by Crippen LogP contribution is -2.58. The molecule has 0 aromatic heterocycles. The first-order valence-electron chi connectivity index (χ1n) is 12.2. The summed E-state index contributed by atoms with van der Waals surface area (Å²) in [5, 5.41) is 23.0. The van der Waals surface area contributed by atoms with Gasteiger partial charge in [-0.05, 0) is 18.1 Å². The van der Waals surface area contributed by atoms with Crippen LogP contribution in [0.15, 0.2) is 91.0 Å². The van der Waals surface area contributed by atoms with Gasteiger partial charge in [-0.25, -0.2) is 0 Å². The van der Waals surface area contributed by atoms with Crippen molar-refractivity contribution in [3.63, 3.8) is 0 Å². The number of hydrogen-bond donors (Lipinski definition) is 2. The van der Waals surface area contributed by atoms with Gasteiger partial charge in [-0.2, -0.15) is 0 Å². The monoisotopic (exact) mass is 476 g/mol. The molecule has 5 heteroatoms. The fourth-order valence-corrected chi connectivity index (χ4v) is 4.53. The summed E-state index contributed by atoms with van der Waals surface area (Å²) in [5.74, 6) is -2.06. The molecular formula is C30H36O5. The molecule has 35 heavy (non-hydrogen) atoms. The lowest BCUT2D eigenvalue weighted by molar-refractivity contribution is -0.236. The van der Waals surface area contributed by atoms with Gasteiger partial charge in [0.1, 0.15) is 12.2 Å². The SMILES string of the molecule is C(OCC1CO1)C1CO1.CC(C)(c1ccccc1)C(C)(c1ccccc1)C(O)(O)c1ccccc1. The van der Waals surface area contributed by atoms with E-state index in [0.717, 1.165) is 37.6 Å². The second-order valence-electron chi connectivity index (χ2n) is 9.97. The molecule has 3 aromatic carbocycles. The molecule has 2 aliphatic heterocycles. The predicted octanol–water partition coefficient (Wildman–Crippen LogP) is 4.56. The summed E-state index contributed by atoms with van der Waals surface area (Å²) in [6.07, 6.45) is 0.785. The Labute approximate surface area is 208 Å². The Morgan fingerprint density at radius 2 is 1.03 bits per heavy atom. The van der Waals surface area contributed by atoms with Crippen LogP contribution in [0.5, 0.6) is 0 Å². The number of ether oxygens (including phenoxy) is 3. The Morgan fingerprint density at radius 1 is 0.657 bits per heavy atom. The Kier molecular flexibility index (Phi) is 7.74. The third-order valence-corrected chi connectivity index (χ3v) is 7.38. The second kappa shape index (κ2) is 10.6. The van der Waals surface area contributed by atoms with Crippen LogP contribution in [0.25, 0.3) is 0 Å². The van der Waals surface area contributed by atoms with Crippen molar-refractivity contribution in [1.82, 2.24) is 0 Å². The highest BCUT2D eigenvalue weighted by molar-refractivity contribution is 5.42. The lowest BCUT2D eigenvalue weighted by Gasteiger charge is -2.52. The fraction of sp³-hybridized carbons (Fsp3) is 0.400. The van der Waals surface area contributed by atoms with Gasteiger partial charge in [-0.3, -0.25) is 0 Å². The Balaban J connectivity index is 0.000000266. The maximum Gasteiger partial charge on any atom is 0.200 e. The van der Waals surface area contributed by atoms with E-state index in [2.05, 4.69) is 13.8 Å². The first kappa shape index (κ1) is 25.5. The molecule has 0 saturated carbocycles. The molecule has 0 spiro atoms. The van der Waals surface area contributed by atoms with Crippen molar-refractivity contribution in [3.05, 3.63) is 108 Å². The molecule has 0 radical (unpaired) electrons. The first-order chi connectivity index (χ1) is 16.8. The summed E-state index contributed by atoms with van der Waals surface area (Å²) in [4.78, 5) is 0. The van der Waals surface area contributed by atoms with Crippen molar-refractivity contribution < 1.29 is 24.4 Å². The van der Waals surface area contributed by atoms with Gasteiger partial charge in [0, 0.05) is 11.0 Å². The fourth-order valence-electron chi connectivity index (χ4n) is 4.53. The minimum Gasteiger partial charge on any atom is -0.376 e. The van der Waals surface area contributed by atoms with Gasteiger partial charge in [0.05, 0.1) is 31.8 Å². The minimum absolute atomic E-state index is 0.392. The molecular weight excluding hydrogens is 440 g/mol. The average molecular weight is 477 g/mol. The number of epoxide rings is 2. The van der Waals surface area contributed by atoms with E-state index in [-0.39, 0.29) is 0 Å². The summed E-state index contributed by atoms with van der Waals surface area (Å²) < 4.78 is 15.1. The molecule has 0 amide bonds. The Bertz CT molecular complexity index is 978. The van der Waals surface area contributed by atoms with E-state index in [1.807, 2.05) is 85.8 Å². The zero-order valence-electron chi connectivity index (χ0n) is 20.8. The molecule has 2 aliphatic rings. The molecule has 3 aromatic rings. The van der Waals surface area contributed by atoms with E-state index in [0.29, 0.717) is 17.8 Å². The second-order valence-corrected chi connectivity index (χ2v) is 9.97. The van der Waals surface area contributed by atoms with Crippen LogP contribution in [0.1, 0.15) is 37.5 Å². The van der Waals surface area contributed by atoms with Crippen molar-refractivity contribution in [1.29, 1.82) is 0 Å². The summed E-state index contributed by atoms with van der Waals surface area (Å²) in [7, 11) is 0. The van der Waals surface area contributed by atoms with Gasteiger partial charge < -0.3 is 24.4 Å². The van der Waals surface area contributed by atoms with Crippen molar-refractivity contribution in [2.45, 2.75) is 49.6 Å². The van der Waals surface area contributed by atoms with Gasteiger partial charge in [-0.1, -0.05) is 105 Å². The molecule has 2 N–H and O–H groups in total. The molecule has 3 unspecified atom stereocenters. The topological polar surface area (TPSA) is 74.8 Å². The zero-order valence-corrected chi connectivity index (χ0v) is 20.8. The maximum absolute atomic E-state index is 11.5. The van der Waals surface area contributed by atoms with Crippen LogP contribution in [-0.4, -0.2) is 48.8 Å². The highest BCUT2D eigenvalue weighted by atomic mass is 16.6. The average Bonchev–Trinajstić information content (AvgIpc) is 3.82. The molecule has 0 bridgehead atoms. The van der Waals surface area contributed by atoms with E-state index in [1.54, 1.807) is 12.1 Å². The molecule has 5 nitrogen and oxygen atoms in total. The molecule has 2 heterocycles. The van der Waals surface area contributed by atoms with Crippen LogP contribution in [0.3, 0.4) is 0 Å². The van der Waals surface area contributed by atoms with Gasteiger partial charge in [-0.15, -0.1) is 0 Å². The molecule has 2 fully saturated rings. The summed E-state index contributed by atoms with van der Waals surface area (Å²) >= 11 is 0. The molecule has 3 atom stereocenters. The summed E-state index contributed by atoms with van der Waals surface area (Å²) in [6.45, 7) is 9.33. The molecule has 0 aliphatic carbocycles. The highest BCUT2D eigenvalue weighted by Crippen LogP contribution is 2.53. The predicted molar refractivity (Wildman–Crippen MR) is 136 cm³/mol. The van der Waals surface area contributed by atoms with Gasteiger partial charge in [0.15, 0.2) is 5.79 Å². The zero-order chi connectivity index (χ0) is 24.9. The van der Waals surface area contributed by atoms with E-state index >= 15 is 0 Å². The van der Waals surface area contributed by atoms with E-state index in [9.17, 15) is 10.2 Å². The van der Waals surface area contributed by atoms with Crippen molar-refractivity contribution in [2.24, 2.45) is 0 Å². The first-order valence-corrected chi connectivity index (χ1v) is 12.2. The highest BCUT2D eigenvalue weighted by Gasteiger charge is 2.57. The molecule has 5 rings (SSSR count). The van der Waals surface area contributed by atoms with Gasteiger partial charge in [0.25, 0.3) is 0 Å². The Hall–Kier alpha value is -2.54. The van der Waals surface area contributed by atoms with Crippen molar-refractivity contribution in [3.8, 4) is 0 Å². The van der Waals surface area contributed by atoms with Crippen LogP contribution in [0, 0.1) is 0 Å². The maximum atomic E-state index is 11.5. The summed E-state index contributed by atoms with van der Waals surface area (Å²) in [5.41, 5.74) is 0.853. The van der Waals surface area contributed by atoms with E-state index in [4.69, 9.17) is 14.2 Å². The lowest BCUT2D eigenvalue weighted by atomic mass is 9.55. The van der Waals surface area contributed by atoms with E-state index in [1.165, 1.54) is 0 Å². The van der Waals surface area contributed by atoms with Crippen molar-refractivity contribution >= 4 is 0 Å². The number of aliphatic hydroxyl groups is 2. The van der Waals surface area contributed by atoms with Crippen LogP contribution in [0.4, 0.5) is 0 Å². The largest absolute Gasteiger partial charge is 0.376 e. The number of benzene rings is 3. The molecule has 186 valence electrons. The van der Waals surface area contributed by atoms with Crippen LogP contribution < -0.4 is 0 Å². The summed E-state index contributed by atoms with van der Waals surface area (Å²) in [6, 6.07) is 28.9. The van der Waals surface area contributed by atoms with Gasteiger partial charge in [0.2, 0.25) is 0 Å². The Morgan fingerprint density at radius 3 is 1.43 bits per heavy atom. The third-order valence-electron chi connectivity index (χ3n) is 7.38. The molecule has 2 saturated heterocycles. The van der Waals surface area contributed by atoms with E-state index < -0.39 is 16.6 Å². The van der Waals surface area contributed by atoms with Crippen LogP contribution in [-0.2, 0) is 30.8 Å².